The Morgan fingerprint density at radius 2 is 2.16 bits per heavy atom. The zero-order valence-electron chi connectivity index (χ0n) is 11.5. The lowest BCUT2D eigenvalue weighted by Crippen LogP contribution is -2.49. The second-order valence-electron chi connectivity index (χ2n) is 5.78. The lowest BCUT2D eigenvalue weighted by Gasteiger charge is -2.43. The van der Waals surface area contributed by atoms with Gasteiger partial charge in [0.2, 0.25) is 0 Å². The standard InChI is InChI=1S/C15H21ClFNO/c1-18(2)10-15(8-4-3-5-14(15)19)11-6-7-12(16)13(17)9-11/h6-7,9,14,19H,3-5,8,10H2,1-2H3/t14-,15-/m1/s1. The first-order chi connectivity index (χ1) is 8.95. The molecule has 0 radical (unpaired) electrons. The van der Waals surface area contributed by atoms with Crippen LogP contribution < -0.4 is 0 Å². The van der Waals surface area contributed by atoms with E-state index in [4.69, 9.17) is 11.6 Å². The van der Waals surface area contributed by atoms with Gasteiger partial charge >= 0.3 is 0 Å². The van der Waals surface area contributed by atoms with Gasteiger partial charge in [-0.15, -0.1) is 0 Å². The van der Waals surface area contributed by atoms with E-state index < -0.39 is 11.9 Å². The zero-order valence-corrected chi connectivity index (χ0v) is 12.3. The van der Waals surface area contributed by atoms with Crippen LogP contribution in [0.15, 0.2) is 18.2 Å². The summed E-state index contributed by atoms with van der Waals surface area (Å²) in [7, 11) is 3.96. The molecule has 19 heavy (non-hydrogen) atoms. The summed E-state index contributed by atoms with van der Waals surface area (Å²) >= 11 is 5.76. The molecule has 0 amide bonds. The third-order valence-corrected chi connectivity index (χ3v) is 4.39. The molecule has 0 spiro atoms. The van der Waals surface area contributed by atoms with Crippen molar-refractivity contribution in [2.75, 3.05) is 20.6 Å². The molecular formula is C15H21ClFNO. The Morgan fingerprint density at radius 1 is 1.42 bits per heavy atom. The molecule has 1 aliphatic rings. The summed E-state index contributed by atoms with van der Waals surface area (Å²) in [5.41, 5.74) is 0.475. The van der Waals surface area contributed by atoms with Gasteiger partial charge in [-0.05, 0) is 44.6 Å². The van der Waals surface area contributed by atoms with Crippen LogP contribution in [0.5, 0.6) is 0 Å². The molecule has 0 heterocycles. The van der Waals surface area contributed by atoms with Gasteiger partial charge in [0.05, 0.1) is 11.1 Å². The summed E-state index contributed by atoms with van der Waals surface area (Å²) in [5, 5.41) is 10.6. The number of hydrogen-bond donors (Lipinski definition) is 1. The number of benzene rings is 1. The second-order valence-corrected chi connectivity index (χ2v) is 6.19. The highest BCUT2D eigenvalue weighted by Gasteiger charge is 2.42. The molecule has 2 atom stereocenters. The van der Waals surface area contributed by atoms with E-state index in [2.05, 4.69) is 4.90 Å². The molecule has 1 saturated carbocycles. The summed E-state index contributed by atoms with van der Waals surface area (Å²) in [6, 6.07) is 4.93. The maximum Gasteiger partial charge on any atom is 0.142 e. The summed E-state index contributed by atoms with van der Waals surface area (Å²) in [6.07, 6.45) is 3.33. The van der Waals surface area contributed by atoms with Gasteiger partial charge in [0.1, 0.15) is 5.82 Å². The predicted molar refractivity (Wildman–Crippen MR) is 76.1 cm³/mol. The first-order valence-corrected chi connectivity index (χ1v) is 7.12. The summed E-state index contributed by atoms with van der Waals surface area (Å²) in [6.45, 7) is 0.717. The van der Waals surface area contributed by atoms with Crippen LogP contribution in [0.1, 0.15) is 31.2 Å². The number of nitrogens with zero attached hydrogens (tertiary/aromatic N) is 1. The fourth-order valence-electron chi connectivity index (χ4n) is 3.20. The molecule has 0 aromatic heterocycles. The molecular weight excluding hydrogens is 265 g/mol. The van der Waals surface area contributed by atoms with Crippen LogP contribution in [0, 0.1) is 5.82 Å². The first kappa shape index (κ1) is 14.8. The summed E-state index contributed by atoms with van der Waals surface area (Å²) in [4.78, 5) is 2.06. The van der Waals surface area contributed by atoms with Gasteiger partial charge in [0.15, 0.2) is 0 Å². The highest BCUT2D eigenvalue weighted by Crippen LogP contribution is 2.41. The number of hydrogen-bond acceptors (Lipinski definition) is 2. The van der Waals surface area contributed by atoms with E-state index in [0.29, 0.717) is 0 Å². The van der Waals surface area contributed by atoms with E-state index in [9.17, 15) is 9.50 Å². The molecule has 4 heteroatoms. The van der Waals surface area contributed by atoms with Crippen molar-refractivity contribution in [2.45, 2.75) is 37.2 Å². The third-order valence-electron chi connectivity index (χ3n) is 4.08. The fourth-order valence-corrected chi connectivity index (χ4v) is 3.32. The van der Waals surface area contributed by atoms with Crippen molar-refractivity contribution in [3.8, 4) is 0 Å². The third kappa shape index (κ3) is 2.93. The summed E-state index contributed by atoms with van der Waals surface area (Å²) < 4.78 is 13.7. The Morgan fingerprint density at radius 3 is 2.74 bits per heavy atom. The molecule has 106 valence electrons. The van der Waals surface area contributed by atoms with Gasteiger partial charge in [-0.1, -0.05) is 30.5 Å². The van der Waals surface area contributed by atoms with E-state index >= 15 is 0 Å². The normalized spacial score (nSPS) is 27.8. The van der Waals surface area contributed by atoms with Crippen molar-refractivity contribution in [2.24, 2.45) is 0 Å². The molecule has 1 fully saturated rings. The smallest absolute Gasteiger partial charge is 0.142 e. The van der Waals surface area contributed by atoms with Gasteiger partial charge in [0, 0.05) is 12.0 Å². The molecule has 0 saturated heterocycles. The van der Waals surface area contributed by atoms with Crippen molar-refractivity contribution >= 4 is 11.6 Å². The molecule has 1 aliphatic carbocycles. The molecule has 2 nitrogen and oxygen atoms in total. The Labute approximate surface area is 119 Å². The Hall–Kier alpha value is -0.640. The largest absolute Gasteiger partial charge is 0.392 e. The molecule has 1 aromatic carbocycles. The maximum absolute atomic E-state index is 13.7. The van der Waals surface area contributed by atoms with Crippen LogP contribution in [0.4, 0.5) is 4.39 Å². The molecule has 2 rings (SSSR count). The Kier molecular flexibility index (Phi) is 4.49. The van der Waals surface area contributed by atoms with Gasteiger partial charge in [0.25, 0.3) is 0 Å². The highest BCUT2D eigenvalue weighted by molar-refractivity contribution is 6.30. The van der Waals surface area contributed by atoms with Crippen LogP contribution in [0.2, 0.25) is 5.02 Å². The average molecular weight is 286 g/mol. The minimum atomic E-state index is -0.427. The lowest BCUT2D eigenvalue weighted by atomic mass is 9.67. The number of aliphatic hydroxyl groups excluding tert-OH is 1. The molecule has 0 unspecified atom stereocenters. The van der Waals surface area contributed by atoms with Crippen LogP contribution in [0.3, 0.4) is 0 Å². The van der Waals surface area contributed by atoms with E-state index in [0.717, 1.165) is 37.8 Å². The van der Waals surface area contributed by atoms with Gasteiger partial charge in [-0.3, -0.25) is 0 Å². The van der Waals surface area contributed by atoms with Crippen LogP contribution >= 0.6 is 11.6 Å². The molecule has 0 bridgehead atoms. The Balaban J connectivity index is 2.43. The van der Waals surface area contributed by atoms with Crippen molar-refractivity contribution in [1.82, 2.24) is 4.90 Å². The topological polar surface area (TPSA) is 23.5 Å². The van der Waals surface area contributed by atoms with Crippen LogP contribution in [-0.4, -0.2) is 36.8 Å². The predicted octanol–water partition coefficient (Wildman–Crippen LogP) is 3.21. The van der Waals surface area contributed by atoms with Gasteiger partial charge in [-0.2, -0.15) is 0 Å². The van der Waals surface area contributed by atoms with Crippen molar-refractivity contribution in [3.05, 3.63) is 34.6 Å². The van der Waals surface area contributed by atoms with Crippen molar-refractivity contribution < 1.29 is 9.50 Å². The maximum atomic E-state index is 13.7. The van der Waals surface area contributed by atoms with Crippen molar-refractivity contribution in [1.29, 1.82) is 0 Å². The molecule has 0 aliphatic heterocycles. The van der Waals surface area contributed by atoms with E-state index in [1.165, 1.54) is 6.07 Å². The van der Waals surface area contributed by atoms with E-state index in [-0.39, 0.29) is 10.4 Å². The second kappa shape index (κ2) is 5.78. The summed E-state index contributed by atoms with van der Waals surface area (Å²) in [5.74, 6) is -0.407. The monoisotopic (exact) mass is 285 g/mol. The number of rotatable bonds is 3. The zero-order chi connectivity index (χ0) is 14.0. The number of likely N-dealkylation sites (N-methyl/N-ethyl adjacent to an activating group) is 1. The first-order valence-electron chi connectivity index (χ1n) is 6.74. The number of halogens is 2. The highest BCUT2D eigenvalue weighted by atomic mass is 35.5. The quantitative estimate of drug-likeness (QED) is 0.922. The van der Waals surface area contributed by atoms with Gasteiger partial charge < -0.3 is 10.0 Å². The van der Waals surface area contributed by atoms with E-state index in [1.54, 1.807) is 6.07 Å². The molecule has 1 aromatic rings. The average Bonchev–Trinajstić information content (AvgIpc) is 2.35. The van der Waals surface area contributed by atoms with Crippen molar-refractivity contribution in [3.63, 3.8) is 0 Å². The van der Waals surface area contributed by atoms with Gasteiger partial charge in [-0.25, -0.2) is 4.39 Å². The SMILES string of the molecule is CN(C)C[C@@]1(c2ccc(Cl)c(F)c2)CCCC[C@H]1O. The Bertz CT molecular complexity index is 452. The lowest BCUT2D eigenvalue weighted by molar-refractivity contribution is 0.0263. The minimum Gasteiger partial charge on any atom is -0.392 e. The van der Waals surface area contributed by atoms with Crippen LogP contribution in [-0.2, 0) is 5.41 Å². The molecule has 1 N–H and O–H groups in total. The number of aliphatic hydroxyl groups is 1. The minimum absolute atomic E-state index is 0.133. The van der Waals surface area contributed by atoms with E-state index in [1.807, 2.05) is 20.2 Å². The fraction of sp³-hybridized carbons (Fsp3) is 0.600. The van der Waals surface area contributed by atoms with Crippen LogP contribution in [0.25, 0.3) is 0 Å².